The molecular weight excluding hydrogens is 156 g/mol. The Morgan fingerprint density at radius 1 is 1.58 bits per heavy atom. The lowest BCUT2D eigenvalue weighted by Crippen LogP contribution is -2.32. The molecule has 1 saturated heterocycles. The fourth-order valence-corrected chi connectivity index (χ4v) is 1.12. The zero-order valence-electron chi connectivity index (χ0n) is 6.88. The molecule has 4 heteroatoms. The Balaban J connectivity index is 2.51. The van der Waals surface area contributed by atoms with Crippen LogP contribution in [0.3, 0.4) is 0 Å². The molecule has 1 N–H and O–H groups in total. The number of nitrogens with one attached hydrogen (secondary N) is 1. The molecule has 1 aliphatic rings. The zero-order chi connectivity index (χ0) is 8.97. The van der Waals surface area contributed by atoms with Gasteiger partial charge in [0.2, 0.25) is 11.8 Å². The van der Waals surface area contributed by atoms with Gasteiger partial charge in [0.1, 0.15) is 0 Å². The smallest absolute Gasteiger partial charge is 0.246 e. The molecule has 4 nitrogen and oxygen atoms in total. The van der Waals surface area contributed by atoms with Gasteiger partial charge in [0, 0.05) is 26.1 Å². The summed E-state index contributed by atoms with van der Waals surface area (Å²) < 4.78 is 0. The molecule has 0 aromatic heterocycles. The summed E-state index contributed by atoms with van der Waals surface area (Å²) >= 11 is 0. The van der Waals surface area contributed by atoms with Crippen LogP contribution in [0.2, 0.25) is 0 Å². The fraction of sp³-hybridized carbons (Fsp3) is 0.500. The summed E-state index contributed by atoms with van der Waals surface area (Å²) in [5.41, 5.74) is 0. The Labute approximate surface area is 71.2 Å². The lowest BCUT2D eigenvalue weighted by molar-refractivity contribution is -0.126. The molecule has 0 aliphatic carbocycles. The molecule has 0 saturated carbocycles. The maximum absolute atomic E-state index is 11.1. The van der Waals surface area contributed by atoms with Crippen LogP contribution in [0, 0.1) is 0 Å². The lowest BCUT2D eigenvalue weighted by atomic mass is 10.3. The van der Waals surface area contributed by atoms with Gasteiger partial charge in [-0.25, -0.2) is 0 Å². The van der Waals surface area contributed by atoms with E-state index in [9.17, 15) is 9.59 Å². The molecule has 0 aromatic carbocycles. The number of rotatable bonds is 1. The van der Waals surface area contributed by atoms with Crippen LogP contribution in [0.5, 0.6) is 0 Å². The van der Waals surface area contributed by atoms with Crippen molar-refractivity contribution in [2.45, 2.75) is 6.42 Å². The molecule has 0 aromatic rings. The van der Waals surface area contributed by atoms with Crippen LogP contribution in [0.15, 0.2) is 12.7 Å². The van der Waals surface area contributed by atoms with Crippen molar-refractivity contribution in [3.63, 3.8) is 0 Å². The highest BCUT2D eigenvalue weighted by molar-refractivity contribution is 5.87. The summed E-state index contributed by atoms with van der Waals surface area (Å²) in [4.78, 5) is 23.6. The zero-order valence-corrected chi connectivity index (χ0v) is 6.88. The van der Waals surface area contributed by atoms with Gasteiger partial charge >= 0.3 is 0 Å². The van der Waals surface area contributed by atoms with Crippen LogP contribution < -0.4 is 5.32 Å². The molecule has 0 radical (unpaired) electrons. The minimum absolute atomic E-state index is 0.00867. The third-order valence-electron chi connectivity index (χ3n) is 1.80. The number of amides is 2. The standard InChI is InChI=1S/C8H12N2O2/c1-2-8(12)10-5-3-7(11)9-4-6-10/h2H,1,3-6H2,(H,9,11). The van der Waals surface area contributed by atoms with Gasteiger partial charge < -0.3 is 10.2 Å². The van der Waals surface area contributed by atoms with E-state index < -0.39 is 0 Å². The van der Waals surface area contributed by atoms with E-state index in [2.05, 4.69) is 11.9 Å². The average Bonchev–Trinajstić information content (AvgIpc) is 2.29. The Bertz CT molecular complexity index is 213. The van der Waals surface area contributed by atoms with E-state index in [1.165, 1.54) is 6.08 Å². The van der Waals surface area contributed by atoms with Crippen LogP contribution in [-0.2, 0) is 9.59 Å². The summed E-state index contributed by atoms with van der Waals surface area (Å²) in [6, 6.07) is 0. The van der Waals surface area contributed by atoms with E-state index >= 15 is 0 Å². The van der Waals surface area contributed by atoms with E-state index in [4.69, 9.17) is 0 Å². The first-order chi connectivity index (χ1) is 5.74. The first-order valence-corrected chi connectivity index (χ1v) is 3.92. The lowest BCUT2D eigenvalue weighted by Gasteiger charge is -2.16. The van der Waals surface area contributed by atoms with Gasteiger partial charge in [0.05, 0.1) is 0 Å². The Morgan fingerprint density at radius 3 is 3.00 bits per heavy atom. The van der Waals surface area contributed by atoms with E-state index in [-0.39, 0.29) is 11.8 Å². The molecule has 0 atom stereocenters. The summed E-state index contributed by atoms with van der Waals surface area (Å²) in [5, 5.41) is 2.69. The topological polar surface area (TPSA) is 49.4 Å². The van der Waals surface area contributed by atoms with E-state index in [1.807, 2.05) is 0 Å². The quantitative estimate of drug-likeness (QED) is 0.538. The maximum atomic E-state index is 11.1. The highest BCUT2D eigenvalue weighted by Crippen LogP contribution is 1.96. The van der Waals surface area contributed by atoms with Crippen molar-refractivity contribution in [1.82, 2.24) is 10.2 Å². The van der Waals surface area contributed by atoms with Gasteiger partial charge in [-0.05, 0) is 6.08 Å². The molecule has 1 aliphatic heterocycles. The van der Waals surface area contributed by atoms with Crippen molar-refractivity contribution in [2.24, 2.45) is 0 Å². The first kappa shape index (κ1) is 8.77. The van der Waals surface area contributed by atoms with Crippen molar-refractivity contribution < 1.29 is 9.59 Å². The number of carbonyl (C=O) groups excluding carboxylic acids is 2. The summed E-state index contributed by atoms with van der Waals surface area (Å²) in [6.45, 7) is 5.01. The van der Waals surface area contributed by atoms with Crippen molar-refractivity contribution >= 4 is 11.8 Å². The fourth-order valence-electron chi connectivity index (χ4n) is 1.12. The second kappa shape index (κ2) is 3.90. The van der Waals surface area contributed by atoms with Crippen molar-refractivity contribution in [1.29, 1.82) is 0 Å². The SMILES string of the molecule is C=CC(=O)N1CCNC(=O)CC1. The van der Waals surface area contributed by atoms with Crippen molar-refractivity contribution in [2.75, 3.05) is 19.6 Å². The van der Waals surface area contributed by atoms with E-state index in [0.29, 0.717) is 26.1 Å². The molecule has 1 heterocycles. The number of hydrogen-bond donors (Lipinski definition) is 1. The normalized spacial score (nSPS) is 18.0. The van der Waals surface area contributed by atoms with Crippen LogP contribution in [-0.4, -0.2) is 36.3 Å². The molecule has 66 valence electrons. The third-order valence-corrected chi connectivity index (χ3v) is 1.80. The van der Waals surface area contributed by atoms with Crippen LogP contribution >= 0.6 is 0 Å². The second-order valence-electron chi connectivity index (χ2n) is 2.63. The van der Waals surface area contributed by atoms with E-state index in [1.54, 1.807) is 4.90 Å². The van der Waals surface area contributed by atoms with E-state index in [0.717, 1.165) is 0 Å². The predicted octanol–water partition coefficient (Wildman–Crippen LogP) is -0.479. The minimum Gasteiger partial charge on any atom is -0.354 e. The number of hydrogen-bond acceptors (Lipinski definition) is 2. The van der Waals surface area contributed by atoms with Crippen molar-refractivity contribution in [3.8, 4) is 0 Å². The summed E-state index contributed by atoms with van der Waals surface area (Å²) in [7, 11) is 0. The van der Waals surface area contributed by atoms with Gasteiger partial charge in [-0.2, -0.15) is 0 Å². The molecule has 0 bridgehead atoms. The molecule has 0 spiro atoms. The van der Waals surface area contributed by atoms with Gasteiger partial charge in [0.15, 0.2) is 0 Å². The summed E-state index contributed by atoms with van der Waals surface area (Å²) in [5.74, 6) is -0.0964. The molecule has 1 rings (SSSR count). The molecular formula is C8H12N2O2. The average molecular weight is 168 g/mol. The largest absolute Gasteiger partial charge is 0.354 e. The third kappa shape index (κ3) is 2.08. The molecule has 2 amide bonds. The van der Waals surface area contributed by atoms with Gasteiger partial charge in [-0.15, -0.1) is 0 Å². The molecule has 1 fully saturated rings. The number of carbonyl (C=O) groups is 2. The first-order valence-electron chi connectivity index (χ1n) is 3.92. The second-order valence-corrected chi connectivity index (χ2v) is 2.63. The minimum atomic E-state index is -0.105. The van der Waals surface area contributed by atoms with Crippen LogP contribution in [0.1, 0.15) is 6.42 Å². The van der Waals surface area contributed by atoms with Crippen LogP contribution in [0.4, 0.5) is 0 Å². The summed E-state index contributed by atoms with van der Waals surface area (Å²) in [6.07, 6.45) is 1.66. The highest BCUT2D eigenvalue weighted by Gasteiger charge is 2.15. The Morgan fingerprint density at radius 2 is 2.33 bits per heavy atom. The van der Waals surface area contributed by atoms with Gasteiger partial charge in [-0.3, -0.25) is 9.59 Å². The highest BCUT2D eigenvalue weighted by atomic mass is 16.2. The molecule has 0 unspecified atom stereocenters. The van der Waals surface area contributed by atoms with Gasteiger partial charge in [0.25, 0.3) is 0 Å². The molecule has 12 heavy (non-hydrogen) atoms. The Kier molecular flexibility index (Phi) is 2.85. The van der Waals surface area contributed by atoms with Crippen LogP contribution in [0.25, 0.3) is 0 Å². The predicted molar refractivity (Wildman–Crippen MR) is 44.4 cm³/mol. The van der Waals surface area contributed by atoms with Gasteiger partial charge in [-0.1, -0.05) is 6.58 Å². The monoisotopic (exact) mass is 168 g/mol. The van der Waals surface area contributed by atoms with Crippen molar-refractivity contribution in [3.05, 3.63) is 12.7 Å². The maximum Gasteiger partial charge on any atom is 0.246 e. The number of nitrogens with zero attached hydrogens (tertiary/aromatic N) is 1. The Hall–Kier alpha value is -1.32.